The zero-order chi connectivity index (χ0) is 14.8. The van der Waals surface area contributed by atoms with Crippen molar-refractivity contribution in [2.24, 2.45) is 5.92 Å². The fourth-order valence-corrected chi connectivity index (χ4v) is 3.42. The molecule has 4 heteroatoms. The maximum absolute atomic E-state index is 11.8. The van der Waals surface area contributed by atoms with Crippen LogP contribution in [0.15, 0.2) is 0 Å². The Bertz CT molecular complexity index is 283. The van der Waals surface area contributed by atoms with Gasteiger partial charge in [-0.1, -0.05) is 25.7 Å². The molecule has 2 N–H and O–H groups in total. The average Bonchev–Trinajstić information content (AvgIpc) is 2.79. The fraction of sp³-hybridized carbons (Fsp3) is 0.941. The number of nitrogens with one attached hydrogen (secondary N) is 2. The summed E-state index contributed by atoms with van der Waals surface area (Å²) in [6, 6.07) is 0. The molecule has 1 saturated heterocycles. The molecule has 1 aliphatic carbocycles. The molecular weight excluding hydrogens is 264 g/mol. The van der Waals surface area contributed by atoms with E-state index in [1.54, 1.807) is 0 Å². The lowest BCUT2D eigenvalue weighted by atomic mass is 9.93. The number of ether oxygens (including phenoxy) is 1. The molecule has 0 bridgehead atoms. The first kappa shape index (κ1) is 16.8. The lowest BCUT2D eigenvalue weighted by Crippen LogP contribution is -2.31. The highest BCUT2D eigenvalue weighted by Gasteiger charge is 2.15. The van der Waals surface area contributed by atoms with Crippen LogP contribution in [0.3, 0.4) is 0 Å². The number of carbonyl (C=O) groups excluding carboxylic acids is 1. The molecule has 1 amide bonds. The molecule has 0 radical (unpaired) electrons. The molecule has 0 aromatic rings. The van der Waals surface area contributed by atoms with E-state index in [-0.39, 0.29) is 5.91 Å². The van der Waals surface area contributed by atoms with Gasteiger partial charge in [0.25, 0.3) is 0 Å². The van der Waals surface area contributed by atoms with Gasteiger partial charge in [0.2, 0.25) is 5.91 Å². The van der Waals surface area contributed by atoms with E-state index in [2.05, 4.69) is 10.6 Å². The Hall–Kier alpha value is -0.610. The highest BCUT2D eigenvalue weighted by atomic mass is 16.5. The van der Waals surface area contributed by atoms with Crippen molar-refractivity contribution in [3.63, 3.8) is 0 Å². The summed E-state index contributed by atoms with van der Waals surface area (Å²) in [5, 5.41) is 6.36. The normalized spacial score (nSPS) is 21.9. The van der Waals surface area contributed by atoms with Crippen LogP contribution in [-0.2, 0) is 9.53 Å². The van der Waals surface area contributed by atoms with E-state index in [0.29, 0.717) is 25.7 Å². The first-order chi connectivity index (χ1) is 10.3. The molecule has 2 rings (SSSR count). The molecule has 0 spiro atoms. The molecule has 1 aliphatic heterocycles. The molecule has 4 nitrogen and oxygen atoms in total. The van der Waals surface area contributed by atoms with Gasteiger partial charge in [-0.15, -0.1) is 0 Å². The van der Waals surface area contributed by atoms with Crippen LogP contribution in [0.2, 0.25) is 0 Å². The van der Waals surface area contributed by atoms with Crippen molar-refractivity contribution in [3.05, 3.63) is 0 Å². The molecular formula is C17H32N2O2. The van der Waals surface area contributed by atoms with Crippen LogP contribution >= 0.6 is 0 Å². The Kier molecular flexibility index (Phi) is 8.12. The van der Waals surface area contributed by atoms with E-state index >= 15 is 0 Å². The van der Waals surface area contributed by atoms with E-state index in [1.165, 1.54) is 51.4 Å². The van der Waals surface area contributed by atoms with Gasteiger partial charge in [0, 0.05) is 13.0 Å². The Morgan fingerprint density at radius 1 is 1.05 bits per heavy atom. The lowest BCUT2D eigenvalue weighted by molar-refractivity contribution is -0.121. The monoisotopic (exact) mass is 296 g/mol. The third-order valence-electron chi connectivity index (χ3n) is 4.82. The van der Waals surface area contributed by atoms with Crippen molar-refractivity contribution in [1.82, 2.24) is 10.6 Å². The zero-order valence-electron chi connectivity index (χ0n) is 13.4. The number of piperidine rings is 1. The van der Waals surface area contributed by atoms with Crippen molar-refractivity contribution >= 4 is 5.91 Å². The van der Waals surface area contributed by atoms with E-state index in [1.807, 2.05) is 0 Å². The first-order valence-corrected chi connectivity index (χ1v) is 8.93. The highest BCUT2D eigenvalue weighted by Crippen LogP contribution is 2.19. The zero-order valence-corrected chi connectivity index (χ0v) is 13.4. The van der Waals surface area contributed by atoms with Crippen LogP contribution in [0, 0.1) is 5.92 Å². The number of rotatable bonds is 7. The average molecular weight is 296 g/mol. The summed E-state index contributed by atoms with van der Waals surface area (Å²) in [4.78, 5) is 11.8. The van der Waals surface area contributed by atoms with Crippen LogP contribution < -0.4 is 10.6 Å². The lowest BCUT2D eigenvalue weighted by Gasteiger charge is -2.22. The SMILES string of the molecule is O=C(CCC1CCNCC1)NCCOC1CCCCCC1. The van der Waals surface area contributed by atoms with Gasteiger partial charge in [-0.3, -0.25) is 4.79 Å². The number of amides is 1. The predicted octanol–water partition coefficient (Wildman–Crippen LogP) is 2.62. The van der Waals surface area contributed by atoms with E-state index in [0.717, 1.165) is 25.4 Å². The van der Waals surface area contributed by atoms with E-state index < -0.39 is 0 Å². The van der Waals surface area contributed by atoms with Gasteiger partial charge in [0.1, 0.15) is 0 Å². The molecule has 1 saturated carbocycles. The molecule has 0 atom stereocenters. The van der Waals surface area contributed by atoms with Gasteiger partial charge in [0.15, 0.2) is 0 Å². The first-order valence-electron chi connectivity index (χ1n) is 8.93. The summed E-state index contributed by atoms with van der Waals surface area (Å²) in [5.74, 6) is 0.928. The minimum Gasteiger partial charge on any atom is -0.376 e. The Labute approximate surface area is 129 Å². The van der Waals surface area contributed by atoms with E-state index in [4.69, 9.17) is 4.74 Å². The van der Waals surface area contributed by atoms with Gasteiger partial charge in [0.05, 0.1) is 12.7 Å². The standard InChI is InChI=1S/C17H32N2O2/c20-17(8-7-15-9-11-18-12-10-15)19-13-14-21-16-5-3-1-2-4-6-16/h15-16,18H,1-14H2,(H,19,20). The van der Waals surface area contributed by atoms with Gasteiger partial charge >= 0.3 is 0 Å². The minimum absolute atomic E-state index is 0.193. The van der Waals surface area contributed by atoms with Crippen LogP contribution in [0.25, 0.3) is 0 Å². The van der Waals surface area contributed by atoms with Crippen molar-refractivity contribution < 1.29 is 9.53 Å². The maximum atomic E-state index is 11.8. The van der Waals surface area contributed by atoms with E-state index in [9.17, 15) is 4.79 Å². The van der Waals surface area contributed by atoms with Gasteiger partial charge in [-0.2, -0.15) is 0 Å². The number of hydrogen-bond donors (Lipinski definition) is 2. The van der Waals surface area contributed by atoms with Crippen LogP contribution in [0.5, 0.6) is 0 Å². The van der Waals surface area contributed by atoms with Gasteiger partial charge in [-0.05, 0) is 51.1 Å². The third kappa shape index (κ3) is 7.28. The third-order valence-corrected chi connectivity index (χ3v) is 4.82. The predicted molar refractivity (Wildman–Crippen MR) is 85.3 cm³/mol. The summed E-state index contributed by atoms with van der Waals surface area (Å²) in [6.07, 6.45) is 12.3. The van der Waals surface area contributed by atoms with Crippen LogP contribution in [0.1, 0.15) is 64.2 Å². The molecule has 2 aliphatic rings. The van der Waals surface area contributed by atoms with Crippen LogP contribution in [0.4, 0.5) is 0 Å². The van der Waals surface area contributed by atoms with Crippen LogP contribution in [-0.4, -0.2) is 38.3 Å². The number of hydrogen-bond acceptors (Lipinski definition) is 3. The van der Waals surface area contributed by atoms with Crippen molar-refractivity contribution in [2.45, 2.75) is 70.3 Å². The van der Waals surface area contributed by atoms with Crippen molar-refractivity contribution in [3.8, 4) is 0 Å². The quantitative estimate of drug-likeness (QED) is 0.561. The summed E-state index contributed by atoms with van der Waals surface area (Å²) < 4.78 is 5.88. The largest absolute Gasteiger partial charge is 0.376 e. The molecule has 2 fully saturated rings. The molecule has 21 heavy (non-hydrogen) atoms. The highest BCUT2D eigenvalue weighted by molar-refractivity contribution is 5.75. The Balaban J connectivity index is 1.46. The molecule has 0 unspecified atom stereocenters. The second-order valence-electron chi connectivity index (χ2n) is 6.57. The van der Waals surface area contributed by atoms with Crippen molar-refractivity contribution in [2.75, 3.05) is 26.2 Å². The summed E-state index contributed by atoms with van der Waals surface area (Å²) >= 11 is 0. The molecule has 1 heterocycles. The van der Waals surface area contributed by atoms with Gasteiger partial charge in [-0.25, -0.2) is 0 Å². The summed E-state index contributed by atoms with van der Waals surface area (Å²) in [5.41, 5.74) is 0. The summed E-state index contributed by atoms with van der Waals surface area (Å²) in [7, 11) is 0. The molecule has 0 aromatic heterocycles. The topological polar surface area (TPSA) is 50.4 Å². The van der Waals surface area contributed by atoms with Gasteiger partial charge < -0.3 is 15.4 Å². The fourth-order valence-electron chi connectivity index (χ4n) is 3.42. The minimum atomic E-state index is 0.193. The summed E-state index contributed by atoms with van der Waals surface area (Å²) in [6.45, 7) is 3.56. The second-order valence-corrected chi connectivity index (χ2v) is 6.57. The second kappa shape index (κ2) is 10.2. The molecule has 0 aromatic carbocycles. The molecule has 122 valence electrons. The Morgan fingerprint density at radius 3 is 2.48 bits per heavy atom. The van der Waals surface area contributed by atoms with Crippen molar-refractivity contribution in [1.29, 1.82) is 0 Å². The smallest absolute Gasteiger partial charge is 0.220 e. The number of carbonyl (C=O) groups is 1. The maximum Gasteiger partial charge on any atom is 0.220 e. The Morgan fingerprint density at radius 2 is 1.76 bits per heavy atom.